The molecule has 0 saturated heterocycles. The van der Waals surface area contributed by atoms with E-state index in [4.69, 9.17) is 18.9 Å². The van der Waals surface area contributed by atoms with Gasteiger partial charge < -0.3 is 18.9 Å². The van der Waals surface area contributed by atoms with E-state index < -0.39 is 24.4 Å². The maximum Gasteiger partial charge on any atom is 0.312 e. The van der Waals surface area contributed by atoms with E-state index in [1.54, 1.807) is 13.8 Å². The lowest BCUT2D eigenvalue weighted by Gasteiger charge is -2.40. The largest absolute Gasteiger partial charge is 0.436 e. The van der Waals surface area contributed by atoms with E-state index in [-0.39, 0.29) is 23.8 Å². The lowest BCUT2D eigenvalue weighted by Crippen LogP contribution is -2.46. The zero-order chi connectivity index (χ0) is 20.0. The smallest absolute Gasteiger partial charge is 0.312 e. The van der Waals surface area contributed by atoms with E-state index in [2.05, 4.69) is 12.2 Å². The predicted molar refractivity (Wildman–Crippen MR) is 101 cm³/mol. The number of hydrogen-bond donors (Lipinski definition) is 0. The topological polar surface area (TPSA) is 71.1 Å². The van der Waals surface area contributed by atoms with Crippen LogP contribution in [-0.2, 0) is 28.5 Å². The standard InChI is InChI=1S/C22H32O6/c1-5-25-11(3)27-21(23)19-15-10-16(18-14-8-7-13(9-14)17(15)18)20(19)22(24)28-12(4)26-6-2/h7-8,11-20H,5-6,9-10H2,1-4H3. The molecule has 0 amide bonds. The van der Waals surface area contributed by atoms with Gasteiger partial charge in [-0.1, -0.05) is 12.2 Å². The van der Waals surface area contributed by atoms with Gasteiger partial charge in [-0.05, 0) is 76.0 Å². The number of fused-ring (bicyclic) bond motifs is 9. The van der Waals surface area contributed by atoms with Crippen LogP contribution < -0.4 is 0 Å². The Bertz CT molecular complexity index is 593. The fraction of sp³-hybridized carbons (Fsp3) is 0.818. The Hall–Kier alpha value is -1.40. The number of esters is 2. The summed E-state index contributed by atoms with van der Waals surface area (Å²) in [7, 11) is 0. The third-order valence-electron chi connectivity index (χ3n) is 7.34. The van der Waals surface area contributed by atoms with Gasteiger partial charge in [-0.2, -0.15) is 0 Å². The van der Waals surface area contributed by atoms with Crippen molar-refractivity contribution in [3.05, 3.63) is 12.2 Å². The Kier molecular flexibility index (Phi) is 5.53. The molecule has 0 aromatic carbocycles. The van der Waals surface area contributed by atoms with Gasteiger partial charge in [0.1, 0.15) is 0 Å². The number of hydrogen-bond acceptors (Lipinski definition) is 6. The summed E-state index contributed by atoms with van der Waals surface area (Å²) in [6, 6.07) is 0. The molecular weight excluding hydrogens is 360 g/mol. The predicted octanol–water partition coefficient (Wildman–Crippen LogP) is 3.16. The van der Waals surface area contributed by atoms with Crippen molar-refractivity contribution < 1.29 is 28.5 Å². The maximum atomic E-state index is 13.1. The van der Waals surface area contributed by atoms with Crippen LogP contribution >= 0.6 is 0 Å². The summed E-state index contributed by atoms with van der Waals surface area (Å²) < 4.78 is 21.9. The minimum absolute atomic E-state index is 0.191. The van der Waals surface area contributed by atoms with Gasteiger partial charge in [0, 0.05) is 13.2 Å². The molecular formula is C22H32O6. The van der Waals surface area contributed by atoms with Crippen molar-refractivity contribution in [2.75, 3.05) is 13.2 Å². The lowest BCUT2D eigenvalue weighted by atomic mass is 9.65. The number of ether oxygens (including phenoxy) is 4. The highest BCUT2D eigenvalue weighted by Crippen LogP contribution is 2.69. The average molecular weight is 392 g/mol. The van der Waals surface area contributed by atoms with Crippen LogP contribution in [0, 0.1) is 47.3 Å². The molecule has 10 unspecified atom stereocenters. The summed E-state index contributed by atoms with van der Waals surface area (Å²) in [5.74, 6) is 0.947. The highest BCUT2D eigenvalue weighted by atomic mass is 16.7. The highest BCUT2D eigenvalue weighted by Gasteiger charge is 2.68. The van der Waals surface area contributed by atoms with Gasteiger partial charge in [0.05, 0.1) is 11.8 Å². The summed E-state index contributed by atoms with van der Waals surface area (Å²) in [5.41, 5.74) is 0. The van der Waals surface area contributed by atoms with Gasteiger partial charge in [0.2, 0.25) is 0 Å². The molecule has 0 spiro atoms. The van der Waals surface area contributed by atoms with Crippen LogP contribution in [0.15, 0.2) is 12.2 Å². The second-order valence-corrected chi connectivity index (χ2v) is 8.64. The van der Waals surface area contributed by atoms with Crippen molar-refractivity contribution in [3.63, 3.8) is 0 Å². The Morgan fingerprint density at radius 3 is 1.64 bits per heavy atom. The van der Waals surface area contributed by atoms with Crippen molar-refractivity contribution in [2.24, 2.45) is 47.3 Å². The first kappa shape index (κ1) is 19.9. The fourth-order valence-electron chi connectivity index (χ4n) is 6.70. The zero-order valence-corrected chi connectivity index (χ0v) is 17.2. The Balaban J connectivity index is 1.56. The van der Waals surface area contributed by atoms with Gasteiger partial charge in [0.15, 0.2) is 12.6 Å². The first-order valence-corrected chi connectivity index (χ1v) is 10.8. The molecule has 3 saturated carbocycles. The summed E-state index contributed by atoms with van der Waals surface area (Å²) in [6.45, 7) is 8.13. The van der Waals surface area contributed by atoms with Gasteiger partial charge in [-0.25, -0.2) is 0 Å². The van der Waals surface area contributed by atoms with Crippen molar-refractivity contribution >= 4 is 11.9 Å². The molecule has 0 radical (unpaired) electrons. The van der Waals surface area contributed by atoms with Crippen LogP contribution in [0.1, 0.15) is 40.5 Å². The molecule has 4 aliphatic carbocycles. The number of carbonyl (C=O) groups excluding carboxylic acids is 2. The molecule has 0 N–H and O–H groups in total. The molecule has 4 bridgehead atoms. The summed E-state index contributed by atoms with van der Waals surface area (Å²) >= 11 is 0. The second-order valence-electron chi connectivity index (χ2n) is 8.64. The number of rotatable bonds is 8. The summed E-state index contributed by atoms with van der Waals surface area (Å²) in [4.78, 5) is 26.2. The third kappa shape index (κ3) is 3.18. The molecule has 4 aliphatic rings. The van der Waals surface area contributed by atoms with E-state index in [9.17, 15) is 9.59 Å². The van der Waals surface area contributed by atoms with E-state index >= 15 is 0 Å². The molecule has 28 heavy (non-hydrogen) atoms. The van der Waals surface area contributed by atoms with Crippen molar-refractivity contribution in [1.82, 2.24) is 0 Å². The molecule has 0 heterocycles. The van der Waals surface area contributed by atoms with Crippen LogP contribution in [0.3, 0.4) is 0 Å². The SMILES string of the molecule is CCOC(C)OC(=O)C1C2CC(C1C(=O)OC(C)OCC)C1C3C=CC(C3)C21. The van der Waals surface area contributed by atoms with Crippen LogP contribution in [-0.4, -0.2) is 37.7 Å². The average Bonchev–Trinajstić information content (AvgIpc) is 3.39. The van der Waals surface area contributed by atoms with Crippen LogP contribution in [0.25, 0.3) is 0 Å². The fourth-order valence-corrected chi connectivity index (χ4v) is 6.70. The lowest BCUT2D eigenvalue weighted by molar-refractivity contribution is -0.195. The molecule has 0 aliphatic heterocycles. The summed E-state index contributed by atoms with van der Waals surface area (Å²) in [6.07, 6.45) is 5.51. The molecule has 0 aromatic heterocycles. The zero-order valence-electron chi connectivity index (χ0n) is 17.2. The molecule has 4 rings (SSSR count). The van der Waals surface area contributed by atoms with Gasteiger partial charge >= 0.3 is 11.9 Å². The Morgan fingerprint density at radius 1 is 0.821 bits per heavy atom. The molecule has 6 nitrogen and oxygen atoms in total. The van der Waals surface area contributed by atoms with Crippen molar-refractivity contribution in [3.8, 4) is 0 Å². The third-order valence-corrected chi connectivity index (χ3v) is 7.34. The van der Waals surface area contributed by atoms with E-state index in [0.717, 1.165) is 12.8 Å². The molecule has 3 fully saturated rings. The minimum atomic E-state index is -0.605. The molecule has 6 heteroatoms. The summed E-state index contributed by atoms with van der Waals surface area (Å²) in [5, 5.41) is 0. The molecule has 156 valence electrons. The second kappa shape index (κ2) is 7.79. The first-order valence-electron chi connectivity index (χ1n) is 10.8. The van der Waals surface area contributed by atoms with Crippen molar-refractivity contribution in [1.29, 1.82) is 0 Å². The normalized spacial score (nSPS) is 41.7. The van der Waals surface area contributed by atoms with Gasteiger partial charge in [0.25, 0.3) is 0 Å². The van der Waals surface area contributed by atoms with E-state index in [1.165, 1.54) is 0 Å². The molecule has 0 aromatic rings. The van der Waals surface area contributed by atoms with E-state index in [1.807, 2.05) is 13.8 Å². The van der Waals surface area contributed by atoms with Crippen LogP contribution in [0.2, 0.25) is 0 Å². The van der Waals surface area contributed by atoms with Gasteiger partial charge in [-0.3, -0.25) is 9.59 Å². The maximum absolute atomic E-state index is 13.1. The van der Waals surface area contributed by atoms with Crippen LogP contribution in [0.4, 0.5) is 0 Å². The number of carbonyl (C=O) groups is 2. The Labute approximate surface area is 166 Å². The van der Waals surface area contributed by atoms with Crippen LogP contribution in [0.5, 0.6) is 0 Å². The quantitative estimate of drug-likeness (QED) is 0.273. The molecule has 10 atom stereocenters. The monoisotopic (exact) mass is 392 g/mol. The highest BCUT2D eigenvalue weighted by molar-refractivity contribution is 5.84. The number of allylic oxidation sites excluding steroid dienone is 2. The van der Waals surface area contributed by atoms with Crippen molar-refractivity contribution in [2.45, 2.75) is 53.1 Å². The minimum Gasteiger partial charge on any atom is -0.436 e. The van der Waals surface area contributed by atoms with Gasteiger partial charge in [-0.15, -0.1) is 0 Å². The van der Waals surface area contributed by atoms with E-state index in [0.29, 0.717) is 36.9 Å². The first-order chi connectivity index (χ1) is 13.5. The Morgan fingerprint density at radius 2 is 1.25 bits per heavy atom.